The minimum Gasteiger partial charge on any atom is -0.508 e. The Labute approximate surface area is 93.4 Å². The maximum atomic E-state index is 11.5. The first kappa shape index (κ1) is 11.9. The summed E-state index contributed by atoms with van der Waals surface area (Å²) in [6, 6.07) is 6.72. The van der Waals surface area contributed by atoms with Gasteiger partial charge in [-0.15, -0.1) is 0 Å². The highest BCUT2D eigenvalue weighted by Gasteiger charge is 2.20. The van der Waals surface area contributed by atoms with Crippen LogP contribution in [0.15, 0.2) is 24.3 Å². The van der Waals surface area contributed by atoms with Crippen molar-refractivity contribution in [3.8, 4) is 5.75 Å². The van der Waals surface area contributed by atoms with E-state index in [1.165, 1.54) is 7.11 Å². The van der Waals surface area contributed by atoms with E-state index in [1.54, 1.807) is 30.0 Å². The van der Waals surface area contributed by atoms with Crippen molar-refractivity contribution in [1.29, 1.82) is 0 Å². The normalized spacial score (nSPS) is 12.1. The lowest BCUT2D eigenvalue weighted by Crippen LogP contribution is -2.16. The Morgan fingerprint density at radius 1 is 1.60 bits per heavy atom. The molecule has 0 amide bonds. The summed E-state index contributed by atoms with van der Waals surface area (Å²) in [6.07, 6.45) is 1.93. The Morgan fingerprint density at radius 3 is 2.87 bits per heavy atom. The van der Waals surface area contributed by atoms with Gasteiger partial charge in [-0.25, -0.2) is 0 Å². The minimum atomic E-state index is -0.308. The van der Waals surface area contributed by atoms with Crippen LogP contribution in [0.2, 0.25) is 0 Å². The van der Waals surface area contributed by atoms with Gasteiger partial charge in [0.05, 0.1) is 13.0 Å². The van der Waals surface area contributed by atoms with Gasteiger partial charge in [0.2, 0.25) is 0 Å². The molecule has 15 heavy (non-hydrogen) atoms. The molecule has 4 heteroatoms. The minimum absolute atomic E-state index is 0.169. The van der Waals surface area contributed by atoms with Gasteiger partial charge in [0.25, 0.3) is 0 Å². The van der Waals surface area contributed by atoms with Crippen molar-refractivity contribution in [1.82, 2.24) is 0 Å². The summed E-state index contributed by atoms with van der Waals surface area (Å²) in [5.41, 5.74) is 0.788. The SMILES string of the molecule is COC(=O)C(CSC)c1cccc(O)c1. The summed E-state index contributed by atoms with van der Waals surface area (Å²) in [6.45, 7) is 0. The fourth-order valence-corrected chi connectivity index (χ4v) is 2.01. The number of aromatic hydroxyl groups is 1. The number of benzene rings is 1. The number of methoxy groups -OCH3 is 1. The standard InChI is InChI=1S/C11H14O3S/c1-14-11(13)10(7-15-2)8-4-3-5-9(12)6-8/h3-6,10,12H,7H2,1-2H3. The molecule has 0 bridgehead atoms. The van der Waals surface area contributed by atoms with Crippen LogP contribution in [0.1, 0.15) is 11.5 Å². The number of thioether (sulfide) groups is 1. The van der Waals surface area contributed by atoms with Crippen molar-refractivity contribution in [3.05, 3.63) is 29.8 Å². The summed E-state index contributed by atoms with van der Waals surface area (Å²) in [4.78, 5) is 11.5. The van der Waals surface area contributed by atoms with Crippen LogP contribution in [0.5, 0.6) is 5.75 Å². The molecule has 1 unspecified atom stereocenters. The van der Waals surface area contributed by atoms with Gasteiger partial charge in [0, 0.05) is 5.75 Å². The first-order valence-corrected chi connectivity index (χ1v) is 5.94. The Balaban J connectivity index is 2.93. The molecule has 0 radical (unpaired) electrons. The molecule has 0 saturated heterocycles. The zero-order valence-electron chi connectivity index (χ0n) is 8.77. The highest BCUT2D eigenvalue weighted by molar-refractivity contribution is 7.98. The second-order valence-electron chi connectivity index (χ2n) is 3.13. The highest BCUT2D eigenvalue weighted by Crippen LogP contribution is 2.24. The number of ether oxygens (including phenoxy) is 1. The van der Waals surface area contributed by atoms with E-state index in [2.05, 4.69) is 0 Å². The molecule has 1 N–H and O–H groups in total. The Kier molecular flexibility index (Phi) is 4.49. The van der Waals surface area contributed by atoms with E-state index < -0.39 is 0 Å². The van der Waals surface area contributed by atoms with Crippen molar-refractivity contribution >= 4 is 17.7 Å². The molecule has 0 heterocycles. The smallest absolute Gasteiger partial charge is 0.313 e. The predicted octanol–water partition coefficient (Wildman–Crippen LogP) is 2.01. The maximum Gasteiger partial charge on any atom is 0.313 e. The van der Waals surface area contributed by atoms with Crippen molar-refractivity contribution in [2.75, 3.05) is 19.1 Å². The van der Waals surface area contributed by atoms with Gasteiger partial charge in [0.15, 0.2) is 0 Å². The van der Waals surface area contributed by atoms with Crippen LogP contribution in [-0.2, 0) is 9.53 Å². The van der Waals surface area contributed by atoms with Gasteiger partial charge in [0.1, 0.15) is 5.75 Å². The van der Waals surface area contributed by atoms with Crippen LogP contribution in [0.25, 0.3) is 0 Å². The molecule has 1 atom stereocenters. The number of rotatable bonds is 4. The summed E-state index contributed by atoms with van der Waals surface area (Å²) in [5, 5.41) is 9.33. The molecule has 0 aliphatic rings. The summed E-state index contributed by atoms with van der Waals surface area (Å²) < 4.78 is 4.73. The number of phenols is 1. The van der Waals surface area contributed by atoms with Crippen molar-refractivity contribution < 1.29 is 14.6 Å². The fourth-order valence-electron chi connectivity index (χ4n) is 1.35. The Morgan fingerprint density at radius 2 is 2.33 bits per heavy atom. The number of hydrogen-bond donors (Lipinski definition) is 1. The van der Waals surface area contributed by atoms with Crippen molar-refractivity contribution in [2.24, 2.45) is 0 Å². The predicted molar refractivity (Wildman–Crippen MR) is 61.2 cm³/mol. The van der Waals surface area contributed by atoms with E-state index >= 15 is 0 Å². The molecular formula is C11H14O3S. The number of esters is 1. The van der Waals surface area contributed by atoms with E-state index in [9.17, 15) is 9.90 Å². The lowest BCUT2D eigenvalue weighted by Gasteiger charge is -2.13. The molecule has 0 saturated carbocycles. The lowest BCUT2D eigenvalue weighted by atomic mass is 10.0. The summed E-state index contributed by atoms with van der Waals surface area (Å²) >= 11 is 1.57. The maximum absolute atomic E-state index is 11.5. The van der Waals surface area contributed by atoms with E-state index in [1.807, 2.05) is 12.3 Å². The molecule has 0 aromatic heterocycles. The fraction of sp³-hybridized carbons (Fsp3) is 0.364. The number of carbonyl (C=O) groups excluding carboxylic acids is 1. The second-order valence-corrected chi connectivity index (χ2v) is 4.04. The van der Waals surface area contributed by atoms with Crippen molar-refractivity contribution in [2.45, 2.75) is 5.92 Å². The third-order valence-electron chi connectivity index (χ3n) is 2.09. The van der Waals surface area contributed by atoms with Crippen LogP contribution >= 0.6 is 11.8 Å². The molecule has 0 spiro atoms. The molecule has 0 fully saturated rings. The molecule has 1 rings (SSSR count). The largest absolute Gasteiger partial charge is 0.508 e. The number of hydrogen-bond acceptors (Lipinski definition) is 4. The van der Waals surface area contributed by atoms with Crippen LogP contribution in [0, 0.1) is 0 Å². The van der Waals surface area contributed by atoms with E-state index in [0.717, 1.165) is 5.56 Å². The molecule has 1 aromatic rings. The number of phenolic OH excluding ortho intramolecular Hbond substituents is 1. The highest BCUT2D eigenvalue weighted by atomic mass is 32.2. The van der Waals surface area contributed by atoms with Gasteiger partial charge in [-0.05, 0) is 24.0 Å². The second kappa shape index (κ2) is 5.66. The third kappa shape index (κ3) is 3.16. The zero-order valence-corrected chi connectivity index (χ0v) is 9.58. The van der Waals surface area contributed by atoms with Gasteiger partial charge in [-0.1, -0.05) is 12.1 Å². The molecule has 3 nitrogen and oxygen atoms in total. The first-order chi connectivity index (χ1) is 7.19. The summed E-state index contributed by atoms with van der Waals surface area (Å²) in [7, 11) is 1.37. The van der Waals surface area contributed by atoms with E-state index in [-0.39, 0.29) is 17.6 Å². The molecule has 0 aliphatic heterocycles. The van der Waals surface area contributed by atoms with Gasteiger partial charge < -0.3 is 9.84 Å². The van der Waals surface area contributed by atoms with Crippen LogP contribution < -0.4 is 0 Å². The lowest BCUT2D eigenvalue weighted by molar-refractivity contribution is -0.141. The third-order valence-corrected chi connectivity index (χ3v) is 2.76. The molecule has 0 aliphatic carbocycles. The molecular weight excluding hydrogens is 212 g/mol. The number of carbonyl (C=O) groups is 1. The Hall–Kier alpha value is -1.16. The molecule has 82 valence electrons. The van der Waals surface area contributed by atoms with Crippen LogP contribution in [0.4, 0.5) is 0 Å². The Bertz CT molecular complexity index is 338. The van der Waals surface area contributed by atoms with Gasteiger partial charge in [-0.2, -0.15) is 11.8 Å². The van der Waals surface area contributed by atoms with Crippen molar-refractivity contribution in [3.63, 3.8) is 0 Å². The quantitative estimate of drug-likeness (QED) is 0.798. The van der Waals surface area contributed by atoms with Gasteiger partial charge >= 0.3 is 5.97 Å². The monoisotopic (exact) mass is 226 g/mol. The van der Waals surface area contributed by atoms with E-state index in [4.69, 9.17) is 4.74 Å². The van der Waals surface area contributed by atoms with Gasteiger partial charge in [-0.3, -0.25) is 4.79 Å². The topological polar surface area (TPSA) is 46.5 Å². The first-order valence-electron chi connectivity index (χ1n) is 4.54. The van der Waals surface area contributed by atoms with E-state index in [0.29, 0.717) is 5.75 Å². The van der Waals surface area contributed by atoms with Crippen LogP contribution in [0.3, 0.4) is 0 Å². The molecule has 1 aromatic carbocycles. The average molecular weight is 226 g/mol. The van der Waals surface area contributed by atoms with Crippen LogP contribution in [-0.4, -0.2) is 30.2 Å². The zero-order chi connectivity index (χ0) is 11.3. The average Bonchev–Trinajstić information content (AvgIpc) is 2.25. The summed E-state index contributed by atoms with van der Waals surface area (Å²) in [5.74, 6) is 0.241.